The van der Waals surface area contributed by atoms with Crippen LogP contribution in [0, 0.1) is 5.82 Å². The molecule has 0 aliphatic rings. The van der Waals surface area contributed by atoms with E-state index in [0.717, 1.165) is 6.42 Å². The molecular formula is C15H17FN2O2. The Kier molecular flexibility index (Phi) is 4.63. The molecule has 0 saturated carbocycles. The molecule has 0 aliphatic heterocycles. The van der Waals surface area contributed by atoms with Gasteiger partial charge in [-0.1, -0.05) is 19.4 Å². The normalized spacial score (nSPS) is 12.5. The number of nitrogens with one attached hydrogen (secondary N) is 1. The van der Waals surface area contributed by atoms with Crippen molar-refractivity contribution in [3.05, 3.63) is 41.8 Å². The van der Waals surface area contributed by atoms with Crippen LogP contribution in [0.2, 0.25) is 0 Å². The van der Waals surface area contributed by atoms with E-state index in [1.54, 1.807) is 18.3 Å². The van der Waals surface area contributed by atoms with Crippen LogP contribution in [0.1, 0.15) is 25.3 Å². The van der Waals surface area contributed by atoms with Gasteiger partial charge in [0.15, 0.2) is 0 Å². The van der Waals surface area contributed by atoms with Crippen LogP contribution in [0.5, 0.6) is 0 Å². The number of fused-ring (bicyclic) bond motifs is 1. The lowest BCUT2D eigenvalue weighted by Crippen LogP contribution is -2.36. The summed E-state index contributed by atoms with van der Waals surface area (Å²) in [7, 11) is 0. The van der Waals surface area contributed by atoms with E-state index >= 15 is 0 Å². The Hall–Kier alpha value is -2.01. The topological polar surface area (TPSA) is 62.2 Å². The van der Waals surface area contributed by atoms with Crippen LogP contribution in [-0.4, -0.2) is 22.1 Å². The number of carboxylic acids is 1. The summed E-state index contributed by atoms with van der Waals surface area (Å²) < 4.78 is 13.6. The zero-order chi connectivity index (χ0) is 14.5. The Morgan fingerprint density at radius 1 is 1.50 bits per heavy atom. The van der Waals surface area contributed by atoms with E-state index in [-0.39, 0.29) is 12.4 Å². The summed E-state index contributed by atoms with van der Waals surface area (Å²) in [6.07, 6.45) is 2.95. The molecule has 0 amide bonds. The Balaban J connectivity index is 2.22. The number of halogens is 1. The summed E-state index contributed by atoms with van der Waals surface area (Å²) in [5.41, 5.74) is 1.37. The van der Waals surface area contributed by atoms with E-state index in [2.05, 4.69) is 10.3 Å². The highest BCUT2D eigenvalue weighted by atomic mass is 19.1. The van der Waals surface area contributed by atoms with Gasteiger partial charge in [0.1, 0.15) is 11.9 Å². The summed E-state index contributed by atoms with van der Waals surface area (Å²) in [4.78, 5) is 15.3. The van der Waals surface area contributed by atoms with Crippen LogP contribution in [0.3, 0.4) is 0 Å². The second-order valence-corrected chi connectivity index (χ2v) is 4.70. The van der Waals surface area contributed by atoms with Gasteiger partial charge in [0.05, 0.1) is 5.52 Å². The van der Waals surface area contributed by atoms with Crippen LogP contribution in [0.15, 0.2) is 30.5 Å². The molecule has 20 heavy (non-hydrogen) atoms. The Labute approximate surface area is 116 Å². The number of hydrogen-bond donors (Lipinski definition) is 2. The number of hydrogen-bond acceptors (Lipinski definition) is 3. The van der Waals surface area contributed by atoms with Crippen molar-refractivity contribution in [2.24, 2.45) is 0 Å². The van der Waals surface area contributed by atoms with Gasteiger partial charge < -0.3 is 10.4 Å². The van der Waals surface area contributed by atoms with Gasteiger partial charge in [0.2, 0.25) is 0 Å². The molecule has 1 aromatic carbocycles. The van der Waals surface area contributed by atoms with Crippen LogP contribution < -0.4 is 5.32 Å². The standard InChI is InChI=1S/C15H17FN2O2/c1-2-4-13(15(19)20)18-9-11-8-12(16)7-10-5-3-6-17-14(10)11/h3,5-8,13,18H,2,4,9H2,1H3,(H,19,20). The van der Waals surface area contributed by atoms with Gasteiger partial charge in [-0.25, -0.2) is 4.39 Å². The van der Waals surface area contributed by atoms with Crippen molar-refractivity contribution in [3.63, 3.8) is 0 Å². The quantitative estimate of drug-likeness (QED) is 0.851. The summed E-state index contributed by atoms with van der Waals surface area (Å²) >= 11 is 0. The maximum absolute atomic E-state index is 13.6. The van der Waals surface area contributed by atoms with Crippen molar-refractivity contribution < 1.29 is 14.3 Å². The van der Waals surface area contributed by atoms with Crippen molar-refractivity contribution in [3.8, 4) is 0 Å². The molecule has 0 saturated heterocycles. The first-order chi connectivity index (χ1) is 9.61. The average molecular weight is 276 g/mol. The van der Waals surface area contributed by atoms with E-state index < -0.39 is 12.0 Å². The molecule has 1 unspecified atom stereocenters. The Bertz CT molecular complexity index is 616. The molecule has 0 fully saturated rings. The molecule has 0 aliphatic carbocycles. The lowest BCUT2D eigenvalue weighted by atomic mass is 10.1. The van der Waals surface area contributed by atoms with E-state index in [0.29, 0.717) is 22.9 Å². The van der Waals surface area contributed by atoms with Gasteiger partial charge in [-0.15, -0.1) is 0 Å². The van der Waals surface area contributed by atoms with Gasteiger partial charge in [0, 0.05) is 18.1 Å². The first-order valence-corrected chi connectivity index (χ1v) is 6.61. The highest BCUT2D eigenvalue weighted by Gasteiger charge is 2.16. The highest BCUT2D eigenvalue weighted by molar-refractivity contribution is 5.81. The van der Waals surface area contributed by atoms with Crippen LogP contribution in [0.4, 0.5) is 4.39 Å². The van der Waals surface area contributed by atoms with Gasteiger partial charge >= 0.3 is 5.97 Å². The number of pyridine rings is 1. The van der Waals surface area contributed by atoms with Crippen molar-refractivity contribution in [1.29, 1.82) is 0 Å². The Morgan fingerprint density at radius 2 is 2.30 bits per heavy atom. The summed E-state index contributed by atoms with van der Waals surface area (Å²) in [6.45, 7) is 2.21. The SMILES string of the molecule is CCCC(NCc1cc(F)cc2cccnc12)C(=O)O. The molecule has 4 nitrogen and oxygen atoms in total. The minimum absolute atomic E-state index is 0.280. The zero-order valence-electron chi connectivity index (χ0n) is 11.3. The fraction of sp³-hybridized carbons (Fsp3) is 0.333. The smallest absolute Gasteiger partial charge is 0.320 e. The first kappa shape index (κ1) is 14.4. The fourth-order valence-electron chi connectivity index (χ4n) is 2.20. The second kappa shape index (κ2) is 6.43. The third-order valence-electron chi connectivity index (χ3n) is 3.16. The molecule has 1 aromatic heterocycles. The van der Waals surface area contributed by atoms with E-state index in [1.807, 2.05) is 6.92 Å². The first-order valence-electron chi connectivity index (χ1n) is 6.61. The molecule has 5 heteroatoms. The van der Waals surface area contributed by atoms with Crippen molar-refractivity contribution >= 4 is 16.9 Å². The van der Waals surface area contributed by atoms with Gasteiger partial charge in [0.25, 0.3) is 0 Å². The van der Waals surface area contributed by atoms with Crippen molar-refractivity contribution in [2.75, 3.05) is 0 Å². The van der Waals surface area contributed by atoms with Crippen LogP contribution in [0.25, 0.3) is 10.9 Å². The van der Waals surface area contributed by atoms with E-state index in [9.17, 15) is 9.18 Å². The molecule has 1 atom stereocenters. The van der Waals surface area contributed by atoms with E-state index in [4.69, 9.17) is 5.11 Å². The predicted molar refractivity (Wildman–Crippen MR) is 74.9 cm³/mol. The molecular weight excluding hydrogens is 259 g/mol. The number of aromatic nitrogens is 1. The van der Waals surface area contributed by atoms with Crippen molar-refractivity contribution in [2.45, 2.75) is 32.4 Å². The number of carbonyl (C=O) groups is 1. The molecule has 1 heterocycles. The predicted octanol–water partition coefficient (Wildman–Crippen LogP) is 2.72. The van der Waals surface area contributed by atoms with E-state index in [1.165, 1.54) is 12.1 Å². The lowest BCUT2D eigenvalue weighted by Gasteiger charge is -2.14. The molecule has 0 spiro atoms. The summed E-state index contributed by atoms with van der Waals surface area (Å²) in [5.74, 6) is -1.23. The van der Waals surface area contributed by atoms with Gasteiger partial charge in [-0.05, 0) is 30.2 Å². The Morgan fingerprint density at radius 3 is 3.00 bits per heavy atom. The number of nitrogens with zero attached hydrogens (tertiary/aromatic N) is 1. The maximum Gasteiger partial charge on any atom is 0.320 e. The van der Waals surface area contributed by atoms with Gasteiger partial charge in [-0.2, -0.15) is 0 Å². The third kappa shape index (κ3) is 3.30. The second-order valence-electron chi connectivity index (χ2n) is 4.70. The number of aliphatic carboxylic acids is 1. The molecule has 2 N–H and O–H groups in total. The van der Waals surface area contributed by atoms with Crippen LogP contribution >= 0.6 is 0 Å². The number of carboxylic acid groups (broad SMARTS) is 1. The molecule has 0 radical (unpaired) electrons. The largest absolute Gasteiger partial charge is 0.480 e. The molecule has 0 bridgehead atoms. The molecule has 2 aromatic rings. The minimum atomic E-state index is -0.888. The zero-order valence-corrected chi connectivity index (χ0v) is 11.3. The van der Waals surface area contributed by atoms with Crippen LogP contribution in [-0.2, 0) is 11.3 Å². The number of benzene rings is 1. The minimum Gasteiger partial charge on any atom is -0.480 e. The lowest BCUT2D eigenvalue weighted by molar-refractivity contribution is -0.139. The highest BCUT2D eigenvalue weighted by Crippen LogP contribution is 2.18. The molecule has 106 valence electrons. The number of rotatable bonds is 6. The fourth-order valence-corrected chi connectivity index (χ4v) is 2.20. The van der Waals surface area contributed by atoms with Gasteiger partial charge in [-0.3, -0.25) is 9.78 Å². The summed E-state index contributed by atoms with van der Waals surface area (Å²) in [6, 6.07) is 5.73. The maximum atomic E-state index is 13.6. The summed E-state index contributed by atoms with van der Waals surface area (Å²) in [5, 5.41) is 12.8. The monoisotopic (exact) mass is 276 g/mol. The van der Waals surface area contributed by atoms with Crippen molar-refractivity contribution in [1.82, 2.24) is 10.3 Å². The molecule has 2 rings (SSSR count). The average Bonchev–Trinajstić information content (AvgIpc) is 2.42. The third-order valence-corrected chi connectivity index (χ3v) is 3.16.